The lowest BCUT2D eigenvalue weighted by Gasteiger charge is -2.36. The zero-order valence-corrected chi connectivity index (χ0v) is 11.6. The van der Waals surface area contributed by atoms with E-state index in [0.717, 1.165) is 19.6 Å². The van der Waals surface area contributed by atoms with Crippen molar-refractivity contribution < 1.29 is 17.9 Å². The number of alkyl halides is 3. The van der Waals surface area contributed by atoms with Crippen LogP contribution in [0.4, 0.5) is 24.5 Å². The number of halogens is 3. The van der Waals surface area contributed by atoms with Crippen molar-refractivity contribution in [1.82, 2.24) is 4.90 Å². The third kappa shape index (κ3) is 4.04. The molecule has 1 aromatic carbocycles. The van der Waals surface area contributed by atoms with Gasteiger partial charge in [-0.2, -0.15) is 0 Å². The first-order valence-electron chi connectivity index (χ1n) is 6.63. The lowest BCUT2D eigenvalue weighted by Crippen LogP contribution is -2.46. The van der Waals surface area contributed by atoms with Gasteiger partial charge in [-0.05, 0) is 12.1 Å². The number of hydrogen-bond donors (Lipinski definition) is 1. The molecule has 21 heavy (non-hydrogen) atoms. The van der Waals surface area contributed by atoms with E-state index in [4.69, 9.17) is 5.73 Å². The number of anilines is 2. The molecule has 0 aliphatic carbocycles. The highest BCUT2D eigenvalue weighted by atomic mass is 19.4. The van der Waals surface area contributed by atoms with Gasteiger partial charge < -0.3 is 15.4 Å². The molecule has 1 aliphatic heterocycles. The zero-order chi connectivity index (χ0) is 15.5. The summed E-state index contributed by atoms with van der Waals surface area (Å²) < 4.78 is 40.9. The molecule has 0 radical (unpaired) electrons. The summed E-state index contributed by atoms with van der Waals surface area (Å²) in [7, 11) is 0. The Bertz CT molecular complexity index is 497. The molecule has 1 saturated heterocycles. The molecule has 2 rings (SSSR count). The Morgan fingerprint density at radius 2 is 1.90 bits per heavy atom. The van der Waals surface area contributed by atoms with Gasteiger partial charge in [0.1, 0.15) is 0 Å². The van der Waals surface area contributed by atoms with Crippen molar-refractivity contribution in [3.8, 4) is 5.75 Å². The van der Waals surface area contributed by atoms with Crippen LogP contribution >= 0.6 is 0 Å². The molecule has 1 heterocycles. The molecule has 0 aromatic heterocycles. The van der Waals surface area contributed by atoms with E-state index in [-0.39, 0.29) is 11.4 Å². The van der Waals surface area contributed by atoms with Gasteiger partial charge in [0.2, 0.25) is 0 Å². The number of nitrogens with zero attached hydrogens (tertiary/aromatic N) is 2. The minimum absolute atomic E-state index is 0.0204. The summed E-state index contributed by atoms with van der Waals surface area (Å²) in [5.41, 5.74) is 6.42. The highest BCUT2D eigenvalue weighted by Gasteiger charge is 2.32. The lowest BCUT2D eigenvalue weighted by molar-refractivity contribution is -0.274. The van der Waals surface area contributed by atoms with Crippen LogP contribution in [0.5, 0.6) is 5.75 Å². The molecule has 0 unspecified atom stereocenters. The Morgan fingerprint density at radius 3 is 2.48 bits per heavy atom. The van der Waals surface area contributed by atoms with Crippen LogP contribution in [0, 0.1) is 0 Å². The molecule has 4 nitrogen and oxygen atoms in total. The number of hydrogen-bond acceptors (Lipinski definition) is 4. The van der Waals surface area contributed by atoms with E-state index in [9.17, 15) is 13.2 Å². The third-order valence-corrected chi connectivity index (χ3v) is 3.37. The maximum absolute atomic E-state index is 12.3. The van der Waals surface area contributed by atoms with Gasteiger partial charge in [-0.3, -0.25) is 4.90 Å². The molecule has 0 bridgehead atoms. The maximum Gasteiger partial charge on any atom is 0.573 e. The van der Waals surface area contributed by atoms with E-state index in [1.54, 1.807) is 6.07 Å². The van der Waals surface area contributed by atoms with Crippen LogP contribution in [-0.4, -0.2) is 44.0 Å². The molecule has 116 valence electrons. The standard InChI is InChI=1S/C14H18F3N3O/c1-2-6-19-7-9-20(10-8-19)11-4-3-5-12(13(11)18)21-14(15,16)17/h2-5H,1,6-10,18H2. The van der Waals surface area contributed by atoms with Crippen molar-refractivity contribution in [3.63, 3.8) is 0 Å². The van der Waals surface area contributed by atoms with Crippen molar-refractivity contribution in [2.75, 3.05) is 43.4 Å². The summed E-state index contributed by atoms with van der Waals surface area (Å²) in [4.78, 5) is 4.19. The fourth-order valence-corrected chi connectivity index (χ4v) is 2.38. The molecule has 0 amide bonds. The van der Waals surface area contributed by atoms with Crippen LogP contribution in [0.2, 0.25) is 0 Å². The monoisotopic (exact) mass is 301 g/mol. The summed E-state index contributed by atoms with van der Waals surface area (Å²) in [6.45, 7) is 7.53. The van der Waals surface area contributed by atoms with Crippen molar-refractivity contribution in [2.45, 2.75) is 6.36 Å². The van der Waals surface area contributed by atoms with Gasteiger partial charge in [-0.25, -0.2) is 0 Å². The summed E-state index contributed by atoms with van der Waals surface area (Å²) in [5, 5.41) is 0. The number of rotatable bonds is 4. The molecular weight excluding hydrogens is 283 g/mol. The lowest BCUT2D eigenvalue weighted by atomic mass is 10.2. The zero-order valence-electron chi connectivity index (χ0n) is 11.6. The van der Waals surface area contributed by atoms with Crippen LogP contribution in [0.1, 0.15) is 0 Å². The highest BCUT2D eigenvalue weighted by Crippen LogP contribution is 2.35. The second-order valence-corrected chi connectivity index (χ2v) is 4.81. The van der Waals surface area contributed by atoms with E-state index < -0.39 is 6.36 Å². The predicted molar refractivity (Wildman–Crippen MR) is 76.4 cm³/mol. The SMILES string of the molecule is C=CCN1CCN(c2cccc(OC(F)(F)F)c2N)CC1. The molecule has 0 spiro atoms. The number of ether oxygens (including phenoxy) is 1. The van der Waals surface area contributed by atoms with Crippen molar-refractivity contribution in [1.29, 1.82) is 0 Å². The maximum atomic E-state index is 12.3. The predicted octanol–water partition coefficient (Wildman–Crippen LogP) is 2.48. The Labute approximate surface area is 121 Å². The fraction of sp³-hybridized carbons (Fsp3) is 0.429. The number of piperazine rings is 1. The minimum Gasteiger partial charge on any atom is -0.403 e. The summed E-state index contributed by atoms with van der Waals surface area (Å²) in [6, 6.07) is 4.45. The van der Waals surface area contributed by atoms with Crippen molar-refractivity contribution in [3.05, 3.63) is 30.9 Å². The molecule has 7 heteroatoms. The second kappa shape index (κ2) is 6.26. The Balaban J connectivity index is 2.11. The first kappa shape index (κ1) is 15.5. The van der Waals surface area contributed by atoms with Crippen LogP contribution in [0.25, 0.3) is 0 Å². The van der Waals surface area contributed by atoms with E-state index in [1.807, 2.05) is 11.0 Å². The van der Waals surface area contributed by atoms with Crippen LogP contribution in [-0.2, 0) is 0 Å². The molecule has 0 saturated carbocycles. The van der Waals surface area contributed by atoms with Gasteiger partial charge in [-0.1, -0.05) is 12.1 Å². The fourth-order valence-electron chi connectivity index (χ4n) is 2.38. The normalized spacial score (nSPS) is 16.8. The molecule has 1 aromatic rings. The Hall–Kier alpha value is -1.89. The minimum atomic E-state index is -4.74. The number of para-hydroxylation sites is 1. The summed E-state index contributed by atoms with van der Waals surface area (Å²) >= 11 is 0. The average Bonchev–Trinajstić information content (AvgIpc) is 2.41. The number of nitrogen functional groups attached to an aromatic ring is 1. The topological polar surface area (TPSA) is 41.7 Å². The van der Waals surface area contributed by atoms with Crippen LogP contribution < -0.4 is 15.4 Å². The average molecular weight is 301 g/mol. The van der Waals surface area contributed by atoms with Crippen molar-refractivity contribution in [2.24, 2.45) is 0 Å². The second-order valence-electron chi connectivity index (χ2n) is 4.81. The van der Waals surface area contributed by atoms with Crippen LogP contribution in [0.3, 0.4) is 0 Å². The van der Waals surface area contributed by atoms with Gasteiger partial charge in [0.05, 0.1) is 11.4 Å². The van der Waals surface area contributed by atoms with E-state index >= 15 is 0 Å². The number of benzene rings is 1. The molecule has 2 N–H and O–H groups in total. The Kier molecular flexibility index (Phi) is 4.62. The van der Waals surface area contributed by atoms with Gasteiger partial charge in [0.25, 0.3) is 0 Å². The molecule has 1 fully saturated rings. The first-order valence-corrected chi connectivity index (χ1v) is 6.63. The third-order valence-electron chi connectivity index (χ3n) is 3.37. The van der Waals surface area contributed by atoms with Gasteiger partial charge >= 0.3 is 6.36 Å². The Morgan fingerprint density at radius 1 is 1.24 bits per heavy atom. The molecule has 1 aliphatic rings. The van der Waals surface area contributed by atoms with Gasteiger partial charge in [-0.15, -0.1) is 19.8 Å². The van der Waals surface area contributed by atoms with Crippen LogP contribution in [0.15, 0.2) is 30.9 Å². The molecular formula is C14H18F3N3O. The molecule has 0 atom stereocenters. The van der Waals surface area contributed by atoms with E-state index in [2.05, 4.69) is 16.2 Å². The number of nitrogens with two attached hydrogens (primary N) is 1. The first-order chi connectivity index (χ1) is 9.90. The smallest absolute Gasteiger partial charge is 0.403 e. The summed E-state index contributed by atoms with van der Waals surface area (Å²) in [5.74, 6) is -0.353. The van der Waals surface area contributed by atoms with E-state index in [1.165, 1.54) is 12.1 Å². The summed E-state index contributed by atoms with van der Waals surface area (Å²) in [6.07, 6.45) is -2.91. The quantitative estimate of drug-likeness (QED) is 0.685. The van der Waals surface area contributed by atoms with Gasteiger partial charge in [0.15, 0.2) is 5.75 Å². The largest absolute Gasteiger partial charge is 0.573 e. The van der Waals surface area contributed by atoms with Crippen molar-refractivity contribution >= 4 is 11.4 Å². The van der Waals surface area contributed by atoms with Gasteiger partial charge in [0, 0.05) is 32.7 Å². The van der Waals surface area contributed by atoms with E-state index in [0.29, 0.717) is 18.8 Å². The highest BCUT2D eigenvalue weighted by molar-refractivity contribution is 5.74.